The molecule has 1 unspecified atom stereocenters. The second-order valence-corrected chi connectivity index (χ2v) is 6.72. The van der Waals surface area contributed by atoms with Crippen LogP contribution in [0.3, 0.4) is 0 Å². The van der Waals surface area contributed by atoms with Crippen LogP contribution in [0.4, 0.5) is 0 Å². The highest BCUT2D eigenvalue weighted by molar-refractivity contribution is 9.10. The van der Waals surface area contributed by atoms with Gasteiger partial charge in [-0.2, -0.15) is 5.10 Å². The number of aromatic nitrogens is 2. The van der Waals surface area contributed by atoms with Crippen LogP contribution >= 0.6 is 31.9 Å². The van der Waals surface area contributed by atoms with Gasteiger partial charge in [-0.3, -0.25) is 9.58 Å². The molecule has 1 aliphatic heterocycles. The van der Waals surface area contributed by atoms with E-state index in [4.69, 9.17) is 0 Å². The molecule has 0 radical (unpaired) electrons. The van der Waals surface area contributed by atoms with Crippen molar-refractivity contribution in [1.82, 2.24) is 14.7 Å². The first-order chi connectivity index (χ1) is 8.11. The molecule has 1 aliphatic rings. The Morgan fingerprint density at radius 3 is 2.88 bits per heavy atom. The molecule has 96 valence electrons. The number of rotatable bonds is 3. The van der Waals surface area contributed by atoms with E-state index in [9.17, 15) is 0 Å². The lowest BCUT2D eigenvalue weighted by molar-refractivity contribution is 0.221. The Morgan fingerprint density at radius 1 is 1.47 bits per heavy atom. The van der Waals surface area contributed by atoms with E-state index in [1.807, 2.05) is 0 Å². The van der Waals surface area contributed by atoms with E-state index in [1.54, 1.807) is 0 Å². The third-order valence-corrected chi connectivity index (χ3v) is 5.05. The third kappa shape index (κ3) is 3.12. The van der Waals surface area contributed by atoms with E-state index in [1.165, 1.54) is 29.6 Å². The average Bonchev–Trinajstić information content (AvgIpc) is 2.57. The van der Waals surface area contributed by atoms with Crippen LogP contribution < -0.4 is 0 Å². The van der Waals surface area contributed by atoms with Crippen molar-refractivity contribution in [2.75, 3.05) is 13.1 Å². The molecule has 1 aromatic rings. The van der Waals surface area contributed by atoms with Crippen molar-refractivity contribution in [1.29, 1.82) is 0 Å². The molecular formula is C12H19Br2N3. The predicted octanol–water partition coefficient (Wildman–Crippen LogP) is 3.33. The Bertz CT molecular complexity index is 389. The SMILES string of the molecule is CCn1nc(C)c(Br)c1CN1CCCC(Br)C1. The zero-order chi connectivity index (χ0) is 12.4. The molecule has 1 saturated heterocycles. The van der Waals surface area contributed by atoms with Gasteiger partial charge in [0.2, 0.25) is 0 Å². The predicted molar refractivity (Wildman–Crippen MR) is 77.6 cm³/mol. The molecule has 0 saturated carbocycles. The minimum Gasteiger partial charge on any atom is -0.296 e. The first-order valence-corrected chi connectivity index (χ1v) is 7.91. The van der Waals surface area contributed by atoms with E-state index >= 15 is 0 Å². The Labute approximate surface area is 120 Å². The molecule has 0 aromatic carbocycles. The van der Waals surface area contributed by atoms with Crippen LogP contribution in [0.5, 0.6) is 0 Å². The number of alkyl halides is 1. The lowest BCUT2D eigenvalue weighted by Crippen LogP contribution is -2.35. The molecule has 5 heteroatoms. The molecule has 1 aromatic heterocycles. The zero-order valence-corrected chi connectivity index (χ0v) is 13.6. The van der Waals surface area contributed by atoms with Crippen molar-refractivity contribution in [2.45, 2.75) is 44.6 Å². The summed E-state index contributed by atoms with van der Waals surface area (Å²) in [5.41, 5.74) is 2.40. The molecule has 0 aliphatic carbocycles. The van der Waals surface area contributed by atoms with Crippen LogP contribution in [0.2, 0.25) is 0 Å². The quantitative estimate of drug-likeness (QED) is 0.767. The van der Waals surface area contributed by atoms with Crippen molar-refractivity contribution < 1.29 is 0 Å². The summed E-state index contributed by atoms with van der Waals surface area (Å²) in [6.07, 6.45) is 2.58. The van der Waals surface area contributed by atoms with Gasteiger partial charge < -0.3 is 0 Å². The van der Waals surface area contributed by atoms with Crippen LogP contribution in [0.25, 0.3) is 0 Å². The monoisotopic (exact) mass is 363 g/mol. The number of piperidine rings is 1. The molecule has 2 rings (SSSR count). The van der Waals surface area contributed by atoms with Crippen LogP contribution in [0, 0.1) is 6.92 Å². The lowest BCUT2D eigenvalue weighted by atomic mass is 10.1. The second-order valence-electron chi connectivity index (χ2n) is 4.64. The fourth-order valence-corrected chi connectivity index (χ4v) is 3.52. The van der Waals surface area contributed by atoms with E-state index in [-0.39, 0.29) is 0 Å². The maximum absolute atomic E-state index is 4.54. The van der Waals surface area contributed by atoms with Gasteiger partial charge in [0.25, 0.3) is 0 Å². The maximum Gasteiger partial charge on any atom is 0.0739 e. The van der Waals surface area contributed by atoms with Gasteiger partial charge in [-0.15, -0.1) is 0 Å². The average molecular weight is 365 g/mol. The number of hydrogen-bond acceptors (Lipinski definition) is 2. The van der Waals surface area contributed by atoms with Gasteiger partial charge in [-0.05, 0) is 49.2 Å². The molecule has 1 atom stereocenters. The highest BCUT2D eigenvalue weighted by Crippen LogP contribution is 2.25. The molecule has 0 bridgehead atoms. The third-order valence-electron chi connectivity index (χ3n) is 3.27. The van der Waals surface area contributed by atoms with E-state index in [2.05, 4.69) is 60.4 Å². The van der Waals surface area contributed by atoms with Crippen LogP contribution in [0.15, 0.2) is 4.47 Å². The van der Waals surface area contributed by atoms with Gasteiger partial charge in [-0.1, -0.05) is 15.9 Å². The summed E-state index contributed by atoms with van der Waals surface area (Å²) in [6.45, 7) is 8.47. The number of likely N-dealkylation sites (tertiary alicyclic amines) is 1. The number of halogens is 2. The summed E-state index contributed by atoms with van der Waals surface area (Å²) in [5, 5.41) is 4.54. The fourth-order valence-electron chi connectivity index (χ4n) is 2.37. The first-order valence-electron chi connectivity index (χ1n) is 6.20. The number of nitrogens with zero attached hydrogens (tertiary/aromatic N) is 3. The van der Waals surface area contributed by atoms with Gasteiger partial charge in [0.1, 0.15) is 0 Å². The van der Waals surface area contributed by atoms with Crippen molar-refractivity contribution in [2.24, 2.45) is 0 Å². The first kappa shape index (κ1) is 13.6. The normalized spacial score (nSPS) is 22.0. The molecule has 0 N–H and O–H groups in total. The van der Waals surface area contributed by atoms with Crippen LogP contribution in [-0.2, 0) is 13.1 Å². The van der Waals surface area contributed by atoms with E-state index in [0.29, 0.717) is 4.83 Å². The van der Waals surface area contributed by atoms with Crippen molar-refractivity contribution in [3.8, 4) is 0 Å². The van der Waals surface area contributed by atoms with Gasteiger partial charge in [0.05, 0.1) is 15.9 Å². The zero-order valence-electron chi connectivity index (χ0n) is 10.4. The molecule has 0 spiro atoms. The smallest absolute Gasteiger partial charge is 0.0739 e. The van der Waals surface area contributed by atoms with Gasteiger partial charge in [-0.25, -0.2) is 0 Å². The van der Waals surface area contributed by atoms with Gasteiger partial charge in [0.15, 0.2) is 0 Å². The molecule has 0 amide bonds. The van der Waals surface area contributed by atoms with Gasteiger partial charge >= 0.3 is 0 Å². The standard InChI is InChI=1S/C12H19Br2N3/c1-3-17-11(12(14)9(2)15-17)8-16-6-4-5-10(13)7-16/h10H,3-8H2,1-2H3. The summed E-state index contributed by atoms with van der Waals surface area (Å²) in [6, 6.07) is 0. The summed E-state index contributed by atoms with van der Waals surface area (Å²) in [5.74, 6) is 0. The minimum atomic E-state index is 0.647. The topological polar surface area (TPSA) is 21.1 Å². The van der Waals surface area contributed by atoms with Crippen LogP contribution in [-0.4, -0.2) is 32.6 Å². The Balaban J connectivity index is 2.12. The Morgan fingerprint density at radius 2 is 2.24 bits per heavy atom. The highest BCUT2D eigenvalue weighted by Gasteiger charge is 2.21. The minimum absolute atomic E-state index is 0.647. The summed E-state index contributed by atoms with van der Waals surface area (Å²) < 4.78 is 3.29. The van der Waals surface area contributed by atoms with Crippen LogP contribution in [0.1, 0.15) is 31.2 Å². The Kier molecular flexibility index (Phi) is 4.66. The fraction of sp³-hybridized carbons (Fsp3) is 0.750. The largest absolute Gasteiger partial charge is 0.296 e. The number of hydrogen-bond donors (Lipinski definition) is 0. The Hall–Kier alpha value is 0.130. The molecule has 3 nitrogen and oxygen atoms in total. The molecule has 1 fully saturated rings. The van der Waals surface area contributed by atoms with E-state index in [0.717, 1.165) is 25.3 Å². The van der Waals surface area contributed by atoms with E-state index < -0.39 is 0 Å². The molecule has 17 heavy (non-hydrogen) atoms. The summed E-state index contributed by atoms with van der Waals surface area (Å²) in [4.78, 5) is 3.16. The van der Waals surface area contributed by atoms with Crippen molar-refractivity contribution >= 4 is 31.9 Å². The van der Waals surface area contributed by atoms with Crippen molar-refractivity contribution in [3.05, 3.63) is 15.9 Å². The lowest BCUT2D eigenvalue weighted by Gasteiger charge is -2.30. The summed E-state index contributed by atoms with van der Waals surface area (Å²) in [7, 11) is 0. The number of aryl methyl sites for hydroxylation is 2. The van der Waals surface area contributed by atoms with Gasteiger partial charge in [0, 0.05) is 24.5 Å². The molecular weight excluding hydrogens is 346 g/mol. The van der Waals surface area contributed by atoms with Crippen molar-refractivity contribution in [3.63, 3.8) is 0 Å². The summed E-state index contributed by atoms with van der Waals surface area (Å²) >= 11 is 7.39. The highest BCUT2D eigenvalue weighted by atomic mass is 79.9. The second kappa shape index (κ2) is 5.85. The molecule has 2 heterocycles. The maximum atomic E-state index is 4.54.